The van der Waals surface area contributed by atoms with Crippen molar-refractivity contribution in [1.29, 1.82) is 0 Å². The third-order valence-corrected chi connectivity index (χ3v) is 8.53. The normalized spacial score (nSPS) is 13.6. The van der Waals surface area contributed by atoms with Crippen LogP contribution in [0.25, 0.3) is 0 Å². The lowest BCUT2D eigenvalue weighted by Crippen LogP contribution is -2.41. The van der Waals surface area contributed by atoms with Crippen LogP contribution in [0.4, 0.5) is 5.69 Å². The number of benzene rings is 3. The van der Waals surface area contributed by atoms with Gasteiger partial charge in [-0.25, -0.2) is 8.42 Å². The van der Waals surface area contributed by atoms with Crippen molar-refractivity contribution in [3.8, 4) is 0 Å². The molecule has 0 spiro atoms. The van der Waals surface area contributed by atoms with Gasteiger partial charge in [0.05, 0.1) is 20.6 Å². The number of nitrogens with zero attached hydrogens (tertiary/aromatic N) is 2. The van der Waals surface area contributed by atoms with Gasteiger partial charge in [0.1, 0.15) is 6.54 Å². The average molecular weight is 546 g/mol. The number of sulfonamides is 1. The van der Waals surface area contributed by atoms with E-state index in [4.69, 9.17) is 23.2 Å². The molecule has 10 heteroatoms. The Morgan fingerprint density at radius 1 is 0.944 bits per heavy atom. The van der Waals surface area contributed by atoms with Gasteiger partial charge in [-0.15, -0.1) is 0 Å². The number of halogens is 2. The fraction of sp³-hybridized carbons (Fsp3) is 0.231. The van der Waals surface area contributed by atoms with Crippen LogP contribution in [-0.2, 0) is 32.7 Å². The standard InChI is InChI=1S/C26H25Cl2N3O4S/c27-22-12-6-13-23(26(22)28)31(36(34,35)21-10-2-1-3-11-21)18-24(32)29-16-19-8-4-5-9-20(19)17-30-15-7-14-25(30)33/h1-6,8-13H,7,14-18H2,(H,29,32). The summed E-state index contributed by atoms with van der Waals surface area (Å²) in [6, 6.07) is 20.0. The van der Waals surface area contributed by atoms with Gasteiger partial charge >= 0.3 is 0 Å². The predicted molar refractivity (Wildman–Crippen MR) is 140 cm³/mol. The Morgan fingerprint density at radius 3 is 2.33 bits per heavy atom. The Kier molecular flexibility index (Phi) is 8.18. The molecule has 1 fully saturated rings. The second kappa shape index (κ2) is 11.3. The van der Waals surface area contributed by atoms with Crippen LogP contribution in [0.1, 0.15) is 24.0 Å². The fourth-order valence-electron chi connectivity index (χ4n) is 4.05. The van der Waals surface area contributed by atoms with E-state index in [0.29, 0.717) is 19.5 Å². The summed E-state index contributed by atoms with van der Waals surface area (Å²) in [5.74, 6) is -0.397. The molecule has 0 unspecified atom stereocenters. The van der Waals surface area contributed by atoms with Crippen molar-refractivity contribution in [2.45, 2.75) is 30.8 Å². The molecule has 0 aliphatic carbocycles. The monoisotopic (exact) mass is 545 g/mol. The largest absolute Gasteiger partial charge is 0.350 e. The van der Waals surface area contributed by atoms with Crippen molar-refractivity contribution < 1.29 is 18.0 Å². The molecule has 1 heterocycles. The fourth-order valence-corrected chi connectivity index (χ4v) is 5.95. The Morgan fingerprint density at radius 2 is 1.64 bits per heavy atom. The number of hydrogen-bond acceptors (Lipinski definition) is 4. The highest BCUT2D eigenvalue weighted by Crippen LogP contribution is 2.35. The molecule has 4 rings (SSSR count). The minimum atomic E-state index is -4.12. The summed E-state index contributed by atoms with van der Waals surface area (Å²) in [4.78, 5) is 26.9. The number of rotatable bonds is 9. The van der Waals surface area contributed by atoms with E-state index in [0.717, 1.165) is 21.9 Å². The molecule has 7 nitrogen and oxygen atoms in total. The zero-order valence-electron chi connectivity index (χ0n) is 19.4. The van der Waals surface area contributed by atoms with E-state index in [1.165, 1.54) is 18.2 Å². The van der Waals surface area contributed by atoms with E-state index in [9.17, 15) is 18.0 Å². The van der Waals surface area contributed by atoms with E-state index in [1.807, 2.05) is 24.3 Å². The van der Waals surface area contributed by atoms with Gasteiger partial charge in [0.2, 0.25) is 11.8 Å². The lowest BCUT2D eigenvalue weighted by atomic mass is 10.1. The molecule has 188 valence electrons. The molecule has 0 atom stereocenters. The van der Waals surface area contributed by atoms with Gasteiger partial charge < -0.3 is 10.2 Å². The van der Waals surface area contributed by atoms with E-state index >= 15 is 0 Å². The highest BCUT2D eigenvalue weighted by atomic mass is 35.5. The molecule has 0 saturated carbocycles. The molecule has 0 radical (unpaired) electrons. The van der Waals surface area contributed by atoms with E-state index in [-0.39, 0.29) is 33.1 Å². The van der Waals surface area contributed by atoms with Gasteiger partial charge in [-0.3, -0.25) is 13.9 Å². The minimum absolute atomic E-state index is 0.0227. The number of carbonyl (C=O) groups excluding carboxylic acids is 2. The molecule has 1 saturated heterocycles. The first kappa shape index (κ1) is 26.0. The SMILES string of the molecule is O=C(CN(c1cccc(Cl)c1Cl)S(=O)(=O)c1ccccc1)NCc1ccccc1CN1CCCC1=O. The average Bonchev–Trinajstić information content (AvgIpc) is 3.28. The Hall–Kier alpha value is -3.07. The van der Waals surface area contributed by atoms with E-state index in [2.05, 4.69) is 5.32 Å². The second-order valence-corrected chi connectivity index (χ2v) is 11.0. The molecule has 1 N–H and O–H groups in total. The number of hydrogen-bond donors (Lipinski definition) is 1. The van der Waals surface area contributed by atoms with Gasteiger partial charge in [0, 0.05) is 26.1 Å². The number of nitrogens with one attached hydrogen (secondary N) is 1. The Labute approximate surface area is 220 Å². The third kappa shape index (κ3) is 5.83. The molecule has 36 heavy (non-hydrogen) atoms. The molecule has 1 aliphatic rings. The van der Waals surface area contributed by atoms with Crippen molar-refractivity contribution in [1.82, 2.24) is 10.2 Å². The number of likely N-dealkylation sites (tertiary alicyclic amines) is 1. The summed E-state index contributed by atoms with van der Waals surface area (Å²) >= 11 is 12.5. The first-order valence-electron chi connectivity index (χ1n) is 11.4. The molecule has 3 aromatic carbocycles. The zero-order chi connectivity index (χ0) is 25.7. The second-order valence-electron chi connectivity index (χ2n) is 8.36. The van der Waals surface area contributed by atoms with Crippen molar-refractivity contribution in [3.63, 3.8) is 0 Å². The van der Waals surface area contributed by atoms with Crippen LogP contribution >= 0.6 is 23.2 Å². The Balaban J connectivity index is 1.54. The quantitative estimate of drug-likeness (QED) is 0.424. The highest BCUT2D eigenvalue weighted by Gasteiger charge is 2.29. The molecular weight excluding hydrogens is 521 g/mol. The van der Waals surface area contributed by atoms with E-state index in [1.54, 1.807) is 35.2 Å². The molecule has 0 bridgehead atoms. The molecule has 0 aromatic heterocycles. The number of amides is 2. The summed E-state index contributed by atoms with van der Waals surface area (Å²) in [6.07, 6.45) is 1.40. The van der Waals surface area contributed by atoms with Crippen LogP contribution in [0, 0.1) is 0 Å². The molecular formula is C26H25Cl2N3O4S. The van der Waals surface area contributed by atoms with Crippen LogP contribution in [0.5, 0.6) is 0 Å². The third-order valence-electron chi connectivity index (χ3n) is 5.95. The first-order valence-corrected chi connectivity index (χ1v) is 13.6. The van der Waals surface area contributed by atoms with Gasteiger partial charge in [-0.2, -0.15) is 0 Å². The summed E-state index contributed by atoms with van der Waals surface area (Å²) < 4.78 is 27.9. The van der Waals surface area contributed by atoms with Crippen LogP contribution in [0.2, 0.25) is 10.0 Å². The van der Waals surface area contributed by atoms with Gasteiger partial charge in [-0.1, -0.05) is 71.7 Å². The summed E-state index contributed by atoms with van der Waals surface area (Å²) in [5.41, 5.74) is 1.89. The number of carbonyl (C=O) groups is 2. The molecule has 1 aliphatic heterocycles. The van der Waals surface area contributed by atoms with E-state index < -0.39 is 22.5 Å². The van der Waals surface area contributed by atoms with Crippen LogP contribution in [0.15, 0.2) is 77.7 Å². The molecule has 3 aromatic rings. The maximum absolute atomic E-state index is 13.5. The zero-order valence-corrected chi connectivity index (χ0v) is 21.7. The smallest absolute Gasteiger partial charge is 0.264 e. The Bertz CT molecular complexity index is 1370. The van der Waals surface area contributed by atoms with Crippen molar-refractivity contribution in [2.75, 3.05) is 17.4 Å². The summed E-state index contributed by atoms with van der Waals surface area (Å²) in [5, 5.41) is 3.02. The van der Waals surface area contributed by atoms with Gasteiger partial charge in [0.25, 0.3) is 10.0 Å². The summed E-state index contributed by atoms with van der Waals surface area (Å²) in [6.45, 7) is 0.868. The van der Waals surface area contributed by atoms with Gasteiger partial charge in [-0.05, 0) is 41.8 Å². The maximum Gasteiger partial charge on any atom is 0.264 e. The van der Waals surface area contributed by atoms with Crippen LogP contribution in [0.3, 0.4) is 0 Å². The predicted octanol–water partition coefficient (Wildman–Crippen LogP) is 4.63. The van der Waals surface area contributed by atoms with Crippen molar-refractivity contribution in [2.24, 2.45) is 0 Å². The molecule has 2 amide bonds. The van der Waals surface area contributed by atoms with Crippen LogP contribution < -0.4 is 9.62 Å². The lowest BCUT2D eigenvalue weighted by Gasteiger charge is -2.25. The lowest BCUT2D eigenvalue weighted by molar-refractivity contribution is -0.128. The van der Waals surface area contributed by atoms with Crippen molar-refractivity contribution in [3.05, 3.63) is 94.0 Å². The first-order chi connectivity index (χ1) is 17.3. The van der Waals surface area contributed by atoms with Crippen molar-refractivity contribution >= 4 is 50.7 Å². The topological polar surface area (TPSA) is 86.8 Å². The maximum atomic E-state index is 13.5. The number of anilines is 1. The minimum Gasteiger partial charge on any atom is -0.350 e. The van der Waals surface area contributed by atoms with Crippen LogP contribution in [-0.4, -0.2) is 38.2 Å². The highest BCUT2D eigenvalue weighted by molar-refractivity contribution is 7.92. The summed E-state index contributed by atoms with van der Waals surface area (Å²) in [7, 11) is -4.12. The van der Waals surface area contributed by atoms with Gasteiger partial charge in [0.15, 0.2) is 0 Å².